The van der Waals surface area contributed by atoms with Crippen LogP contribution in [0.1, 0.15) is 44.0 Å². The van der Waals surface area contributed by atoms with Crippen molar-refractivity contribution in [1.29, 1.82) is 0 Å². The third-order valence-electron chi connectivity index (χ3n) is 4.27. The van der Waals surface area contributed by atoms with Crippen molar-refractivity contribution >= 4 is 17.7 Å². The fourth-order valence-electron chi connectivity index (χ4n) is 3.11. The molecule has 1 fully saturated rings. The van der Waals surface area contributed by atoms with E-state index in [0.717, 1.165) is 31.5 Å². The predicted molar refractivity (Wildman–Crippen MR) is 105 cm³/mol. The summed E-state index contributed by atoms with van der Waals surface area (Å²) in [6, 6.07) is 9.59. The Morgan fingerprint density at radius 2 is 1.74 bits per heavy atom. The molecule has 0 saturated carbocycles. The van der Waals surface area contributed by atoms with Gasteiger partial charge in [-0.2, -0.15) is 0 Å². The Morgan fingerprint density at radius 3 is 2.37 bits per heavy atom. The first kappa shape index (κ1) is 18.9. The molecule has 1 saturated heterocycles. The number of anilines is 1. The lowest BCUT2D eigenvalue weighted by Crippen LogP contribution is -2.31. The first-order valence-corrected chi connectivity index (χ1v) is 9.18. The summed E-state index contributed by atoms with van der Waals surface area (Å²) < 4.78 is 5.34. The second-order valence-corrected chi connectivity index (χ2v) is 7.60. The smallest absolute Gasteiger partial charge is 0.412 e. The maximum Gasteiger partial charge on any atom is 0.412 e. The molecule has 1 aliphatic heterocycles. The molecular formula is C21H25N3O3. The summed E-state index contributed by atoms with van der Waals surface area (Å²) in [5.41, 5.74) is 1.75. The maximum absolute atomic E-state index is 13.2. The zero-order valence-corrected chi connectivity index (χ0v) is 16.0. The number of pyridine rings is 1. The molecule has 0 radical (unpaired) electrons. The van der Waals surface area contributed by atoms with Crippen LogP contribution in [0.2, 0.25) is 0 Å². The Morgan fingerprint density at radius 1 is 1.07 bits per heavy atom. The number of amides is 2. The van der Waals surface area contributed by atoms with Crippen LogP contribution in [-0.4, -0.2) is 40.6 Å². The number of likely N-dealkylation sites (tertiary alicyclic amines) is 1. The zero-order valence-electron chi connectivity index (χ0n) is 16.0. The van der Waals surface area contributed by atoms with E-state index in [1.165, 1.54) is 6.20 Å². The van der Waals surface area contributed by atoms with Crippen LogP contribution in [0.4, 0.5) is 10.5 Å². The standard InChI is InChI=1S/C21H25N3O3/c1-21(2,3)27-20(26)23-17-14-22-13-16(15-9-5-4-6-10-15)18(17)19(25)24-11-7-8-12-24/h4-6,9-10,13-14H,7-8,11-12H2,1-3H3,(H,23,26). The van der Waals surface area contributed by atoms with E-state index in [-0.39, 0.29) is 5.91 Å². The number of nitrogens with zero attached hydrogens (tertiary/aromatic N) is 2. The zero-order chi connectivity index (χ0) is 19.4. The highest BCUT2D eigenvalue weighted by molar-refractivity contribution is 6.07. The largest absolute Gasteiger partial charge is 0.444 e. The van der Waals surface area contributed by atoms with Gasteiger partial charge in [-0.25, -0.2) is 4.79 Å². The number of nitrogens with one attached hydrogen (secondary N) is 1. The number of carbonyl (C=O) groups excluding carboxylic acids is 2. The van der Waals surface area contributed by atoms with E-state index in [1.54, 1.807) is 27.0 Å². The van der Waals surface area contributed by atoms with Gasteiger partial charge in [0.2, 0.25) is 0 Å². The summed E-state index contributed by atoms with van der Waals surface area (Å²) in [4.78, 5) is 31.6. The number of rotatable bonds is 3. The van der Waals surface area contributed by atoms with E-state index < -0.39 is 11.7 Å². The van der Waals surface area contributed by atoms with E-state index >= 15 is 0 Å². The van der Waals surface area contributed by atoms with Crippen LogP contribution >= 0.6 is 0 Å². The molecule has 0 aliphatic carbocycles. The molecule has 1 aromatic heterocycles. The molecule has 2 aromatic rings. The van der Waals surface area contributed by atoms with E-state index in [2.05, 4.69) is 10.3 Å². The van der Waals surface area contributed by atoms with Gasteiger partial charge in [0.05, 0.1) is 17.4 Å². The van der Waals surface area contributed by atoms with Gasteiger partial charge in [-0.15, -0.1) is 0 Å². The summed E-state index contributed by atoms with van der Waals surface area (Å²) in [6.07, 6.45) is 4.54. The van der Waals surface area contributed by atoms with Crippen LogP contribution in [0.25, 0.3) is 11.1 Å². The molecule has 0 unspecified atom stereocenters. The number of carbonyl (C=O) groups is 2. The van der Waals surface area contributed by atoms with Crippen molar-refractivity contribution in [3.05, 3.63) is 48.3 Å². The molecule has 1 N–H and O–H groups in total. The van der Waals surface area contributed by atoms with Crippen molar-refractivity contribution in [3.63, 3.8) is 0 Å². The van der Waals surface area contributed by atoms with Crippen molar-refractivity contribution in [2.24, 2.45) is 0 Å². The summed E-state index contributed by atoms with van der Waals surface area (Å²) in [5, 5.41) is 2.71. The SMILES string of the molecule is CC(C)(C)OC(=O)Nc1cncc(-c2ccccc2)c1C(=O)N1CCCC1. The molecule has 2 amide bonds. The highest BCUT2D eigenvalue weighted by atomic mass is 16.6. The number of hydrogen-bond acceptors (Lipinski definition) is 4. The second-order valence-electron chi connectivity index (χ2n) is 7.60. The molecule has 1 aromatic carbocycles. The number of benzene rings is 1. The minimum absolute atomic E-state index is 0.0974. The topological polar surface area (TPSA) is 71.5 Å². The average Bonchev–Trinajstić information content (AvgIpc) is 3.15. The van der Waals surface area contributed by atoms with Crippen LogP contribution in [0.15, 0.2) is 42.7 Å². The molecule has 142 valence electrons. The van der Waals surface area contributed by atoms with Crippen molar-refractivity contribution in [3.8, 4) is 11.1 Å². The van der Waals surface area contributed by atoms with Crippen LogP contribution in [0.5, 0.6) is 0 Å². The van der Waals surface area contributed by atoms with Gasteiger partial charge >= 0.3 is 6.09 Å². The summed E-state index contributed by atoms with van der Waals surface area (Å²) in [5.74, 6) is -0.0974. The van der Waals surface area contributed by atoms with Gasteiger partial charge in [0.25, 0.3) is 5.91 Å². The third-order valence-corrected chi connectivity index (χ3v) is 4.27. The summed E-state index contributed by atoms with van der Waals surface area (Å²) in [6.45, 7) is 6.83. The molecule has 6 heteroatoms. The molecule has 0 bridgehead atoms. The second kappa shape index (κ2) is 7.78. The van der Waals surface area contributed by atoms with E-state index in [0.29, 0.717) is 16.8 Å². The van der Waals surface area contributed by atoms with Gasteiger partial charge in [-0.1, -0.05) is 30.3 Å². The van der Waals surface area contributed by atoms with Crippen molar-refractivity contribution in [1.82, 2.24) is 9.88 Å². The lowest BCUT2D eigenvalue weighted by Gasteiger charge is -2.22. The van der Waals surface area contributed by atoms with Gasteiger partial charge in [0.1, 0.15) is 5.60 Å². The Labute approximate surface area is 159 Å². The summed E-state index contributed by atoms with van der Waals surface area (Å²) in [7, 11) is 0. The number of hydrogen-bond donors (Lipinski definition) is 1. The van der Waals surface area contributed by atoms with Crippen LogP contribution in [-0.2, 0) is 4.74 Å². The molecule has 0 atom stereocenters. The van der Waals surface area contributed by atoms with E-state index in [1.807, 2.05) is 35.2 Å². The first-order valence-electron chi connectivity index (χ1n) is 9.18. The van der Waals surface area contributed by atoms with Crippen molar-refractivity contribution < 1.29 is 14.3 Å². The van der Waals surface area contributed by atoms with Gasteiger partial charge in [-0.3, -0.25) is 15.1 Å². The van der Waals surface area contributed by atoms with Crippen LogP contribution < -0.4 is 5.32 Å². The number of ether oxygens (including phenoxy) is 1. The molecule has 2 heterocycles. The van der Waals surface area contributed by atoms with E-state index in [4.69, 9.17) is 4.74 Å². The molecule has 0 spiro atoms. The summed E-state index contributed by atoms with van der Waals surface area (Å²) >= 11 is 0. The quantitative estimate of drug-likeness (QED) is 0.876. The third kappa shape index (κ3) is 4.64. The molecule has 6 nitrogen and oxygen atoms in total. The lowest BCUT2D eigenvalue weighted by molar-refractivity contribution is 0.0636. The fourth-order valence-corrected chi connectivity index (χ4v) is 3.11. The Bertz CT molecular complexity index is 822. The predicted octanol–water partition coefficient (Wildman–Crippen LogP) is 4.33. The van der Waals surface area contributed by atoms with Crippen molar-refractivity contribution in [2.45, 2.75) is 39.2 Å². The van der Waals surface area contributed by atoms with Gasteiger partial charge in [0, 0.05) is 24.8 Å². The first-order chi connectivity index (χ1) is 12.8. The molecular weight excluding hydrogens is 342 g/mol. The van der Waals surface area contributed by atoms with Gasteiger partial charge in [0.15, 0.2) is 0 Å². The highest BCUT2D eigenvalue weighted by Crippen LogP contribution is 2.30. The van der Waals surface area contributed by atoms with Crippen molar-refractivity contribution in [2.75, 3.05) is 18.4 Å². The monoisotopic (exact) mass is 367 g/mol. The number of aromatic nitrogens is 1. The maximum atomic E-state index is 13.2. The Hall–Kier alpha value is -2.89. The normalized spacial score (nSPS) is 14.1. The lowest BCUT2D eigenvalue weighted by atomic mass is 9.99. The Balaban J connectivity index is 2.02. The minimum atomic E-state index is -0.631. The van der Waals surface area contributed by atoms with Gasteiger partial charge in [-0.05, 0) is 39.2 Å². The van der Waals surface area contributed by atoms with Crippen LogP contribution in [0.3, 0.4) is 0 Å². The minimum Gasteiger partial charge on any atom is -0.444 e. The van der Waals surface area contributed by atoms with Gasteiger partial charge < -0.3 is 9.64 Å². The average molecular weight is 367 g/mol. The molecule has 1 aliphatic rings. The molecule has 27 heavy (non-hydrogen) atoms. The Kier molecular flexibility index (Phi) is 5.44. The fraction of sp³-hybridized carbons (Fsp3) is 0.381. The highest BCUT2D eigenvalue weighted by Gasteiger charge is 2.27. The van der Waals surface area contributed by atoms with E-state index in [9.17, 15) is 9.59 Å². The van der Waals surface area contributed by atoms with Crippen LogP contribution in [0, 0.1) is 0 Å². The molecule has 3 rings (SSSR count).